The molecule has 1 amide bonds. The first-order valence-electron chi connectivity index (χ1n) is 12.3. The number of phenolic OH excluding ortho intramolecular Hbond substituents is 1. The number of ether oxygens (including phenoxy) is 1. The number of nitrogens with zero attached hydrogens (tertiary/aromatic N) is 1. The minimum atomic E-state index is -0.149. The maximum Gasteiger partial charge on any atom is 0.233 e. The Morgan fingerprint density at radius 3 is 2.57 bits per heavy atom. The van der Waals surface area contributed by atoms with Crippen LogP contribution in [0.5, 0.6) is 11.5 Å². The minimum Gasteiger partial charge on any atom is -0.507 e. The number of aromatic hydroxyl groups is 1. The van der Waals surface area contributed by atoms with Crippen molar-refractivity contribution < 1.29 is 19.1 Å². The average Bonchev–Trinajstić information content (AvgIpc) is 3.34. The summed E-state index contributed by atoms with van der Waals surface area (Å²) < 4.78 is 11.4. The molecule has 2 N–H and O–H groups in total. The Balaban J connectivity index is 1.55. The molecular weight excluding hydrogens is 464 g/mol. The van der Waals surface area contributed by atoms with Crippen LogP contribution in [0.3, 0.4) is 0 Å². The molecule has 6 heteroatoms. The van der Waals surface area contributed by atoms with E-state index in [1.807, 2.05) is 61.5 Å². The molecule has 0 fully saturated rings. The van der Waals surface area contributed by atoms with E-state index in [1.54, 1.807) is 19.2 Å². The highest BCUT2D eigenvalue weighted by Gasteiger charge is 2.21. The molecule has 1 aromatic heterocycles. The second kappa shape index (κ2) is 10.6. The Kier molecular flexibility index (Phi) is 6.90. The fraction of sp³-hybridized carbons (Fsp3) is 0.161. The molecule has 0 aliphatic heterocycles. The molecule has 0 aliphatic rings. The molecule has 5 aromatic rings. The highest BCUT2D eigenvalue weighted by molar-refractivity contribution is 5.97. The lowest BCUT2D eigenvalue weighted by Crippen LogP contribution is -2.11. The van der Waals surface area contributed by atoms with E-state index in [0.29, 0.717) is 23.4 Å². The predicted octanol–water partition coefficient (Wildman–Crippen LogP) is 7.67. The number of carbonyl (C=O) groups excluding carboxylic acids is 1. The van der Waals surface area contributed by atoms with Crippen LogP contribution < -0.4 is 10.1 Å². The molecule has 1 heterocycles. The molecule has 0 unspecified atom stereocenters. The zero-order valence-corrected chi connectivity index (χ0v) is 20.8. The number of methoxy groups -OCH3 is 1. The zero-order chi connectivity index (χ0) is 25.8. The van der Waals surface area contributed by atoms with Gasteiger partial charge in [0.1, 0.15) is 17.2 Å². The van der Waals surface area contributed by atoms with E-state index in [-0.39, 0.29) is 23.4 Å². The van der Waals surface area contributed by atoms with Crippen molar-refractivity contribution in [3.8, 4) is 45.3 Å². The number of nitrogens with one attached hydrogen (secondary N) is 1. The van der Waals surface area contributed by atoms with Crippen LogP contribution in [0, 0.1) is 0 Å². The number of oxazole rings is 1. The van der Waals surface area contributed by atoms with Gasteiger partial charge in [0, 0.05) is 12.0 Å². The highest BCUT2D eigenvalue weighted by Crippen LogP contribution is 2.39. The number of anilines is 1. The molecule has 0 bridgehead atoms. The molecule has 0 saturated heterocycles. The van der Waals surface area contributed by atoms with Gasteiger partial charge >= 0.3 is 0 Å². The van der Waals surface area contributed by atoms with E-state index in [0.717, 1.165) is 40.3 Å². The van der Waals surface area contributed by atoms with Crippen molar-refractivity contribution in [3.05, 3.63) is 84.9 Å². The molecular formula is C31H28N2O4. The van der Waals surface area contributed by atoms with Crippen LogP contribution in [0.15, 0.2) is 89.3 Å². The summed E-state index contributed by atoms with van der Waals surface area (Å²) in [5, 5.41) is 16.1. The predicted molar refractivity (Wildman–Crippen MR) is 147 cm³/mol. The summed E-state index contributed by atoms with van der Waals surface area (Å²) in [7, 11) is 1.59. The fourth-order valence-corrected chi connectivity index (χ4v) is 4.37. The lowest BCUT2D eigenvalue weighted by molar-refractivity contribution is -0.116. The van der Waals surface area contributed by atoms with Gasteiger partial charge in [-0.15, -0.1) is 0 Å². The SMILES string of the molecule is CCCCC(=O)Nc1oc(-c2ccc(-c3cccc4ccccc34)cc2O)nc1-c1cccc(OC)c1. The summed E-state index contributed by atoms with van der Waals surface area (Å²) in [5.74, 6) is 0.997. The summed E-state index contributed by atoms with van der Waals surface area (Å²) in [5.41, 5.74) is 3.53. The summed E-state index contributed by atoms with van der Waals surface area (Å²) in [6, 6.07) is 27.1. The maximum absolute atomic E-state index is 12.5. The largest absolute Gasteiger partial charge is 0.507 e. The first-order valence-corrected chi connectivity index (χ1v) is 12.3. The standard InChI is InChI=1S/C31H28N2O4/c1-3-4-15-28(35)32-31-29(22-11-7-12-23(18-22)36-2)33-30(37-31)26-17-16-21(19-27(26)34)25-14-8-10-20-9-5-6-13-24(20)25/h5-14,16-19,34H,3-4,15H2,1-2H3,(H,32,35). The van der Waals surface area contributed by atoms with E-state index < -0.39 is 0 Å². The Labute approximate surface area is 215 Å². The molecule has 0 atom stereocenters. The van der Waals surface area contributed by atoms with E-state index in [4.69, 9.17) is 9.15 Å². The van der Waals surface area contributed by atoms with E-state index in [9.17, 15) is 9.90 Å². The van der Waals surface area contributed by atoms with Gasteiger partial charge in [0.05, 0.1) is 12.7 Å². The third-order valence-corrected chi connectivity index (χ3v) is 6.31. The molecule has 186 valence electrons. The number of fused-ring (bicyclic) bond motifs is 1. The maximum atomic E-state index is 12.5. The number of benzene rings is 4. The van der Waals surface area contributed by atoms with Crippen LogP contribution >= 0.6 is 0 Å². The second-order valence-electron chi connectivity index (χ2n) is 8.84. The van der Waals surface area contributed by atoms with Gasteiger partial charge in [-0.05, 0) is 52.6 Å². The van der Waals surface area contributed by atoms with Crippen molar-refractivity contribution in [2.45, 2.75) is 26.2 Å². The number of hydrogen-bond acceptors (Lipinski definition) is 5. The molecule has 37 heavy (non-hydrogen) atoms. The number of unbranched alkanes of at least 4 members (excludes halogenated alkanes) is 1. The molecule has 4 aromatic carbocycles. The van der Waals surface area contributed by atoms with E-state index >= 15 is 0 Å². The van der Waals surface area contributed by atoms with Crippen LogP contribution in [0.25, 0.3) is 44.6 Å². The quantitative estimate of drug-likeness (QED) is 0.232. The molecule has 0 radical (unpaired) electrons. The molecule has 0 spiro atoms. The molecule has 6 nitrogen and oxygen atoms in total. The van der Waals surface area contributed by atoms with Crippen molar-refractivity contribution in [2.24, 2.45) is 0 Å². The third kappa shape index (κ3) is 5.05. The van der Waals surface area contributed by atoms with E-state index in [2.05, 4.69) is 28.5 Å². The Morgan fingerprint density at radius 1 is 0.946 bits per heavy atom. The van der Waals surface area contributed by atoms with Gasteiger partial charge in [-0.2, -0.15) is 0 Å². The Bertz CT molecular complexity index is 1570. The third-order valence-electron chi connectivity index (χ3n) is 6.31. The number of amides is 1. The van der Waals surface area contributed by atoms with Crippen molar-refractivity contribution in [2.75, 3.05) is 12.4 Å². The number of aromatic nitrogens is 1. The van der Waals surface area contributed by atoms with Crippen LogP contribution in [0.2, 0.25) is 0 Å². The summed E-state index contributed by atoms with van der Waals surface area (Å²) in [4.78, 5) is 17.2. The lowest BCUT2D eigenvalue weighted by Gasteiger charge is -2.09. The van der Waals surface area contributed by atoms with Gasteiger partial charge in [0.15, 0.2) is 0 Å². The molecule has 5 rings (SSSR count). The number of hydrogen-bond donors (Lipinski definition) is 2. The number of phenols is 1. The van der Waals surface area contributed by atoms with Crippen molar-refractivity contribution >= 4 is 22.6 Å². The van der Waals surface area contributed by atoms with Crippen molar-refractivity contribution in [1.82, 2.24) is 4.98 Å². The fourth-order valence-electron chi connectivity index (χ4n) is 4.37. The van der Waals surface area contributed by atoms with Crippen molar-refractivity contribution in [1.29, 1.82) is 0 Å². The van der Waals surface area contributed by atoms with Gasteiger partial charge in [-0.3, -0.25) is 10.1 Å². The first-order chi connectivity index (χ1) is 18.1. The highest BCUT2D eigenvalue weighted by atomic mass is 16.5. The van der Waals surface area contributed by atoms with E-state index in [1.165, 1.54) is 0 Å². The van der Waals surface area contributed by atoms with Gasteiger partial charge in [-0.1, -0.05) is 74.0 Å². The van der Waals surface area contributed by atoms with Crippen LogP contribution in [0.4, 0.5) is 5.88 Å². The van der Waals surface area contributed by atoms with Gasteiger partial charge in [-0.25, -0.2) is 4.98 Å². The Morgan fingerprint density at radius 2 is 1.76 bits per heavy atom. The summed E-state index contributed by atoms with van der Waals surface area (Å²) >= 11 is 0. The topological polar surface area (TPSA) is 84.6 Å². The normalized spacial score (nSPS) is 11.0. The van der Waals surface area contributed by atoms with Crippen LogP contribution in [-0.4, -0.2) is 23.1 Å². The van der Waals surface area contributed by atoms with Gasteiger partial charge < -0.3 is 14.3 Å². The Hall–Kier alpha value is -4.58. The smallest absolute Gasteiger partial charge is 0.233 e. The number of carbonyl (C=O) groups is 1. The van der Waals surface area contributed by atoms with Crippen LogP contribution in [-0.2, 0) is 4.79 Å². The minimum absolute atomic E-state index is 0.0349. The zero-order valence-electron chi connectivity index (χ0n) is 20.8. The van der Waals surface area contributed by atoms with Gasteiger partial charge in [0.25, 0.3) is 0 Å². The second-order valence-corrected chi connectivity index (χ2v) is 8.84. The average molecular weight is 493 g/mol. The first kappa shape index (κ1) is 24.1. The monoisotopic (exact) mass is 492 g/mol. The molecule has 0 saturated carbocycles. The van der Waals surface area contributed by atoms with Crippen molar-refractivity contribution in [3.63, 3.8) is 0 Å². The van der Waals surface area contributed by atoms with Crippen LogP contribution in [0.1, 0.15) is 26.2 Å². The van der Waals surface area contributed by atoms with Gasteiger partial charge in [0.2, 0.25) is 17.7 Å². The summed E-state index contributed by atoms with van der Waals surface area (Å²) in [6.45, 7) is 2.03. The molecule has 0 aliphatic carbocycles. The number of rotatable bonds is 8. The lowest BCUT2D eigenvalue weighted by atomic mass is 9.97. The summed E-state index contributed by atoms with van der Waals surface area (Å²) in [6.07, 6.45) is 2.07.